The van der Waals surface area contributed by atoms with Crippen molar-refractivity contribution in [2.75, 3.05) is 0 Å². The molecule has 0 bridgehead atoms. The fourth-order valence-corrected chi connectivity index (χ4v) is 3.48. The Labute approximate surface area is 156 Å². The van der Waals surface area contributed by atoms with Crippen molar-refractivity contribution in [1.29, 1.82) is 0 Å². The van der Waals surface area contributed by atoms with Gasteiger partial charge in [0.1, 0.15) is 5.52 Å². The monoisotopic (exact) mass is 347 g/mol. The molecule has 0 aliphatic heterocycles. The fourth-order valence-electron chi connectivity index (χ4n) is 3.48. The summed E-state index contributed by atoms with van der Waals surface area (Å²) in [5.74, 6) is 0. The van der Waals surface area contributed by atoms with Crippen LogP contribution >= 0.6 is 0 Å². The molecule has 1 aromatic heterocycles. The summed E-state index contributed by atoms with van der Waals surface area (Å²) in [5.41, 5.74) is 1.79. The van der Waals surface area contributed by atoms with Crippen molar-refractivity contribution in [2.24, 2.45) is 0 Å². The predicted octanol–water partition coefficient (Wildman–Crippen LogP) is 6.97. The Morgan fingerprint density at radius 3 is 1.63 bits per heavy atom. The van der Waals surface area contributed by atoms with Crippen LogP contribution in [0, 0.1) is 0 Å². The predicted molar refractivity (Wildman–Crippen MR) is 113 cm³/mol. The standard InChI is InChI=1S/C14H10.C11H7NO/c1-2-6-12-10-14-8-4-3-7-13(14)9-11(12)5-1;1-2-4-9-8(3-1)5-6-10-11(9)12-7-13-10/h1-10H;1-7H. The third-order valence-electron chi connectivity index (χ3n) is 4.84. The first-order valence-electron chi connectivity index (χ1n) is 8.97. The summed E-state index contributed by atoms with van der Waals surface area (Å²) in [6.07, 6.45) is 1.48. The SMILES string of the molecule is c1ccc2c(c1)ccc1ocnc12.c1ccc2cc3ccccc3cc2c1. The van der Waals surface area contributed by atoms with Gasteiger partial charge in [0.05, 0.1) is 0 Å². The van der Waals surface area contributed by atoms with Gasteiger partial charge in [-0.1, -0.05) is 78.9 Å². The van der Waals surface area contributed by atoms with Crippen LogP contribution in [0.5, 0.6) is 0 Å². The highest BCUT2D eigenvalue weighted by molar-refractivity contribution is 6.03. The Hall–Kier alpha value is -3.65. The third kappa shape index (κ3) is 2.91. The van der Waals surface area contributed by atoms with Crippen LogP contribution in [0.4, 0.5) is 0 Å². The van der Waals surface area contributed by atoms with Gasteiger partial charge in [0, 0.05) is 5.39 Å². The van der Waals surface area contributed by atoms with Crippen molar-refractivity contribution in [1.82, 2.24) is 4.98 Å². The Bertz CT molecular complexity index is 1280. The van der Waals surface area contributed by atoms with Gasteiger partial charge in [-0.3, -0.25) is 0 Å². The van der Waals surface area contributed by atoms with Gasteiger partial charge in [-0.15, -0.1) is 0 Å². The van der Waals surface area contributed by atoms with Crippen molar-refractivity contribution < 1.29 is 4.42 Å². The van der Waals surface area contributed by atoms with Gasteiger partial charge in [0.15, 0.2) is 12.0 Å². The summed E-state index contributed by atoms with van der Waals surface area (Å²) >= 11 is 0. The lowest BCUT2D eigenvalue weighted by Gasteiger charge is -2.00. The molecule has 0 aliphatic carbocycles. The molecule has 2 nitrogen and oxygen atoms in total. The van der Waals surface area contributed by atoms with Crippen LogP contribution in [0.15, 0.2) is 108 Å². The molecule has 0 atom stereocenters. The molecule has 0 spiro atoms. The summed E-state index contributed by atoms with van der Waals surface area (Å²) in [6.45, 7) is 0. The average molecular weight is 347 g/mol. The molecule has 2 heteroatoms. The van der Waals surface area contributed by atoms with Crippen LogP contribution in [0.3, 0.4) is 0 Å². The molecule has 0 fully saturated rings. The zero-order chi connectivity index (χ0) is 18.1. The van der Waals surface area contributed by atoms with Crippen LogP contribution in [0.25, 0.3) is 43.4 Å². The largest absolute Gasteiger partial charge is 0.443 e. The van der Waals surface area contributed by atoms with E-state index in [0.717, 1.165) is 16.5 Å². The molecule has 0 N–H and O–H groups in total. The minimum absolute atomic E-state index is 0.846. The van der Waals surface area contributed by atoms with Crippen LogP contribution in [-0.2, 0) is 0 Å². The average Bonchev–Trinajstić information content (AvgIpc) is 3.22. The zero-order valence-electron chi connectivity index (χ0n) is 14.7. The van der Waals surface area contributed by atoms with E-state index in [9.17, 15) is 0 Å². The minimum Gasteiger partial charge on any atom is -0.443 e. The summed E-state index contributed by atoms with van der Waals surface area (Å²) < 4.78 is 5.21. The van der Waals surface area contributed by atoms with Crippen LogP contribution in [-0.4, -0.2) is 4.98 Å². The molecule has 0 aliphatic rings. The van der Waals surface area contributed by atoms with E-state index in [1.807, 2.05) is 24.3 Å². The number of hydrogen-bond donors (Lipinski definition) is 0. The Kier molecular flexibility index (Phi) is 3.80. The van der Waals surface area contributed by atoms with E-state index in [1.54, 1.807) is 0 Å². The van der Waals surface area contributed by atoms with E-state index in [0.29, 0.717) is 0 Å². The lowest BCUT2D eigenvalue weighted by molar-refractivity contribution is 0.602. The summed E-state index contributed by atoms with van der Waals surface area (Å²) in [6, 6.07) is 33.6. The second kappa shape index (κ2) is 6.58. The Morgan fingerprint density at radius 1 is 0.519 bits per heavy atom. The molecule has 6 aromatic rings. The fraction of sp³-hybridized carbons (Fsp3) is 0. The third-order valence-corrected chi connectivity index (χ3v) is 4.84. The van der Waals surface area contributed by atoms with Crippen LogP contribution in [0.1, 0.15) is 0 Å². The molecular formula is C25H17NO. The van der Waals surface area contributed by atoms with Gasteiger partial charge in [-0.2, -0.15) is 0 Å². The number of rotatable bonds is 0. The molecule has 5 aromatic carbocycles. The number of nitrogens with zero attached hydrogens (tertiary/aromatic N) is 1. The number of aromatic nitrogens is 1. The van der Waals surface area contributed by atoms with Crippen molar-refractivity contribution in [3.05, 3.63) is 103 Å². The molecule has 27 heavy (non-hydrogen) atoms. The molecule has 1 heterocycles. The van der Waals surface area contributed by atoms with Gasteiger partial charge in [0.25, 0.3) is 0 Å². The maximum Gasteiger partial charge on any atom is 0.182 e. The molecule has 0 radical (unpaired) electrons. The number of oxazole rings is 1. The molecule has 0 unspecified atom stereocenters. The quantitative estimate of drug-likeness (QED) is 0.277. The highest BCUT2D eigenvalue weighted by Gasteiger charge is 2.02. The molecule has 6 rings (SSSR count). The summed E-state index contributed by atoms with van der Waals surface area (Å²) in [7, 11) is 0. The number of fused-ring (bicyclic) bond motifs is 5. The maximum atomic E-state index is 5.21. The van der Waals surface area contributed by atoms with Crippen molar-refractivity contribution in [2.45, 2.75) is 0 Å². The van der Waals surface area contributed by atoms with Crippen molar-refractivity contribution in [3.8, 4) is 0 Å². The Balaban J connectivity index is 0.000000119. The second-order valence-electron chi connectivity index (χ2n) is 6.53. The lowest BCUT2D eigenvalue weighted by atomic mass is 10.0. The number of hydrogen-bond acceptors (Lipinski definition) is 2. The molecular weight excluding hydrogens is 330 g/mol. The first kappa shape index (κ1) is 15.6. The zero-order valence-corrected chi connectivity index (χ0v) is 14.7. The molecule has 0 amide bonds. The van der Waals surface area contributed by atoms with E-state index in [1.165, 1.54) is 33.3 Å². The van der Waals surface area contributed by atoms with Gasteiger partial charge in [-0.25, -0.2) is 4.98 Å². The van der Waals surface area contributed by atoms with Crippen LogP contribution < -0.4 is 0 Å². The van der Waals surface area contributed by atoms with Crippen molar-refractivity contribution in [3.63, 3.8) is 0 Å². The minimum atomic E-state index is 0.846. The number of benzene rings is 5. The van der Waals surface area contributed by atoms with E-state index < -0.39 is 0 Å². The van der Waals surface area contributed by atoms with Gasteiger partial charge in [-0.05, 0) is 45.1 Å². The van der Waals surface area contributed by atoms with E-state index >= 15 is 0 Å². The van der Waals surface area contributed by atoms with Gasteiger partial charge in [0.2, 0.25) is 0 Å². The maximum absolute atomic E-state index is 5.21. The first-order chi connectivity index (χ1) is 13.4. The lowest BCUT2D eigenvalue weighted by Crippen LogP contribution is -1.74. The van der Waals surface area contributed by atoms with Gasteiger partial charge < -0.3 is 4.42 Å². The normalized spacial score (nSPS) is 11.0. The van der Waals surface area contributed by atoms with Gasteiger partial charge >= 0.3 is 0 Å². The van der Waals surface area contributed by atoms with E-state index in [-0.39, 0.29) is 0 Å². The summed E-state index contributed by atoms with van der Waals surface area (Å²) in [4.78, 5) is 4.18. The Morgan fingerprint density at radius 2 is 1.04 bits per heavy atom. The highest BCUT2D eigenvalue weighted by Crippen LogP contribution is 2.23. The van der Waals surface area contributed by atoms with Crippen LogP contribution in [0.2, 0.25) is 0 Å². The molecule has 0 saturated carbocycles. The molecule has 128 valence electrons. The molecule has 0 saturated heterocycles. The first-order valence-corrected chi connectivity index (χ1v) is 8.97. The topological polar surface area (TPSA) is 26.0 Å². The van der Waals surface area contributed by atoms with E-state index in [2.05, 4.69) is 77.8 Å². The van der Waals surface area contributed by atoms with Crippen molar-refractivity contribution >= 4 is 43.4 Å². The highest BCUT2D eigenvalue weighted by atomic mass is 16.3. The smallest absolute Gasteiger partial charge is 0.182 e. The second-order valence-corrected chi connectivity index (χ2v) is 6.53. The van der Waals surface area contributed by atoms with E-state index in [4.69, 9.17) is 4.42 Å². The summed E-state index contributed by atoms with van der Waals surface area (Å²) in [5, 5.41) is 7.59.